The highest BCUT2D eigenvalue weighted by Crippen LogP contribution is 2.25. The van der Waals surface area contributed by atoms with Crippen LogP contribution < -0.4 is 13.7 Å². The third kappa shape index (κ3) is 6.26. The first kappa shape index (κ1) is 22.2. The number of benzene rings is 2. The Hall–Kier alpha value is -3.46. The highest BCUT2D eigenvalue weighted by molar-refractivity contribution is 7.86. The molecule has 3 aromatic rings. The lowest BCUT2D eigenvalue weighted by Crippen LogP contribution is -2.30. The van der Waals surface area contributed by atoms with E-state index in [1.54, 1.807) is 65.8 Å². The lowest BCUT2D eigenvalue weighted by Gasteiger charge is -2.22. The van der Waals surface area contributed by atoms with Crippen LogP contribution in [0.1, 0.15) is 21.7 Å². The van der Waals surface area contributed by atoms with Crippen LogP contribution in [-0.2, 0) is 23.2 Å². The summed E-state index contributed by atoms with van der Waals surface area (Å²) in [6.45, 7) is 0.505. The maximum absolute atomic E-state index is 13.3. The van der Waals surface area contributed by atoms with Gasteiger partial charge in [-0.25, -0.2) is 0 Å². The molecule has 0 atom stereocenters. The van der Waals surface area contributed by atoms with Gasteiger partial charge < -0.3 is 23.0 Å². The number of rotatable bonds is 9. The Labute approximate surface area is 181 Å². The molecule has 0 bridgehead atoms. The van der Waals surface area contributed by atoms with Gasteiger partial charge in [-0.2, -0.15) is 8.42 Å². The average molecular weight is 445 g/mol. The van der Waals surface area contributed by atoms with Crippen LogP contribution in [0.5, 0.6) is 17.2 Å². The molecule has 8 nitrogen and oxygen atoms in total. The zero-order valence-electron chi connectivity index (χ0n) is 17.4. The Kier molecular flexibility index (Phi) is 6.86. The number of carbonyl (C=O) groups excluding carboxylic acids is 1. The maximum Gasteiger partial charge on any atom is 0.306 e. The van der Waals surface area contributed by atoms with Crippen molar-refractivity contribution in [3.8, 4) is 17.2 Å². The molecular formula is C22H23NO7S. The third-order valence-electron chi connectivity index (χ3n) is 4.36. The van der Waals surface area contributed by atoms with Crippen molar-refractivity contribution < 1.29 is 31.3 Å². The minimum atomic E-state index is -3.61. The normalized spacial score (nSPS) is 11.1. The molecule has 2 aromatic carbocycles. The van der Waals surface area contributed by atoms with E-state index in [2.05, 4.69) is 0 Å². The molecule has 0 aliphatic heterocycles. The number of furan rings is 1. The first-order valence-electron chi connectivity index (χ1n) is 9.30. The molecule has 0 aliphatic carbocycles. The Balaban J connectivity index is 1.87. The molecule has 0 unspecified atom stereocenters. The molecule has 3 rings (SSSR count). The van der Waals surface area contributed by atoms with Crippen molar-refractivity contribution in [1.82, 2.24) is 4.90 Å². The van der Waals surface area contributed by atoms with Crippen molar-refractivity contribution >= 4 is 16.0 Å². The summed E-state index contributed by atoms with van der Waals surface area (Å²) in [6, 6.07) is 15.0. The van der Waals surface area contributed by atoms with Gasteiger partial charge in [-0.15, -0.1) is 0 Å². The standard InChI is InChI=1S/C22H23NO7S/c1-27-20-11-17(12-21(13-20)28-2)22(24)23(15-19-5-4-10-29-19)14-16-6-8-18(9-7-16)30-31(3,25)26/h4-13H,14-15H2,1-3H3. The molecule has 0 saturated heterocycles. The van der Waals surface area contributed by atoms with E-state index >= 15 is 0 Å². The molecule has 1 amide bonds. The van der Waals surface area contributed by atoms with Crippen LogP contribution in [0, 0.1) is 0 Å². The summed E-state index contributed by atoms with van der Waals surface area (Å²) >= 11 is 0. The number of amides is 1. The smallest absolute Gasteiger partial charge is 0.306 e. The largest absolute Gasteiger partial charge is 0.497 e. The zero-order chi connectivity index (χ0) is 22.4. The second-order valence-corrected chi connectivity index (χ2v) is 8.35. The van der Waals surface area contributed by atoms with Gasteiger partial charge >= 0.3 is 10.1 Å². The van der Waals surface area contributed by atoms with Gasteiger partial charge in [0.1, 0.15) is 23.0 Å². The Morgan fingerprint density at radius 1 is 0.935 bits per heavy atom. The van der Waals surface area contributed by atoms with Crippen LogP contribution >= 0.6 is 0 Å². The molecule has 0 saturated carbocycles. The molecule has 0 fully saturated rings. The van der Waals surface area contributed by atoms with Crippen LogP contribution in [0.2, 0.25) is 0 Å². The molecule has 0 spiro atoms. The predicted octanol–water partition coefficient (Wildman–Crippen LogP) is 3.48. The first-order valence-corrected chi connectivity index (χ1v) is 11.1. The number of carbonyl (C=O) groups is 1. The molecule has 164 valence electrons. The van der Waals surface area contributed by atoms with Crippen LogP contribution in [0.4, 0.5) is 0 Å². The second kappa shape index (κ2) is 9.57. The second-order valence-electron chi connectivity index (χ2n) is 6.77. The van der Waals surface area contributed by atoms with Crippen LogP contribution in [0.25, 0.3) is 0 Å². The third-order valence-corrected chi connectivity index (χ3v) is 4.85. The number of hydrogen-bond donors (Lipinski definition) is 0. The van der Waals surface area contributed by atoms with Gasteiger partial charge in [-0.3, -0.25) is 4.79 Å². The van der Waals surface area contributed by atoms with Crippen LogP contribution in [-0.4, -0.2) is 39.7 Å². The minimum Gasteiger partial charge on any atom is -0.497 e. The molecular weight excluding hydrogens is 422 g/mol. The summed E-state index contributed by atoms with van der Waals surface area (Å²) in [5.74, 6) is 1.59. The summed E-state index contributed by atoms with van der Waals surface area (Å²) in [7, 11) is -0.575. The van der Waals surface area contributed by atoms with E-state index in [0.29, 0.717) is 22.8 Å². The Bertz CT molecular complexity index is 1100. The van der Waals surface area contributed by atoms with Gasteiger partial charge in [-0.05, 0) is 42.0 Å². The molecule has 0 aliphatic rings. The highest BCUT2D eigenvalue weighted by Gasteiger charge is 2.20. The van der Waals surface area contributed by atoms with Crippen molar-refractivity contribution in [1.29, 1.82) is 0 Å². The van der Waals surface area contributed by atoms with Gasteiger partial charge in [0.05, 0.1) is 33.3 Å². The van der Waals surface area contributed by atoms with Crippen molar-refractivity contribution in [2.75, 3.05) is 20.5 Å². The SMILES string of the molecule is COc1cc(OC)cc(C(=O)N(Cc2ccc(OS(C)(=O)=O)cc2)Cc2ccco2)c1. The zero-order valence-corrected chi connectivity index (χ0v) is 18.2. The Morgan fingerprint density at radius 2 is 1.58 bits per heavy atom. The maximum atomic E-state index is 13.3. The van der Waals surface area contributed by atoms with Crippen molar-refractivity contribution in [3.05, 3.63) is 77.7 Å². The molecule has 0 N–H and O–H groups in total. The van der Waals surface area contributed by atoms with Gasteiger partial charge in [-0.1, -0.05) is 12.1 Å². The number of ether oxygens (including phenoxy) is 2. The van der Waals surface area contributed by atoms with Gasteiger partial charge in [0, 0.05) is 18.2 Å². The molecule has 9 heteroatoms. The van der Waals surface area contributed by atoms with Gasteiger partial charge in [0.25, 0.3) is 5.91 Å². The van der Waals surface area contributed by atoms with E-state index in [-0.39, 0.29) is 24.7 Å². The minimum absolute atomic E-state index is 0.202. The molecule has 1 heterocycles. The average Bonchev–Trinajstić information content (AvgIpc) is 3.25. The van der Waals surface area contributed by atoms with Crippen LogP contribution in [0.3, 0.4) is 0 Å². The predicted molar refractivity (Wildman–Crippen MR) is 114 cm³/mol. The first-order chi connectivity index (χ1) is 14.8. The summed E-state index contributed by atoms with van der Waals surface area (Å²) in [5.41, 5.74) is 1.19. The molecule has 0 radical (unpaired) electrons. The topological polar surface area (TPSA) is 95.3 Å². The lowest BCUT2D eigenvalue weighted by molar-refractivity contribution is 0.0717. The van der Waals surface area contributed by atoms with Crippen molar-refractivity contribution in [3.63, 3.8) is 0 Å². The summed E-state index contributed by atoms with van der Waals surface area (Å²) < 4.78 is 43.4. The summed E-state index contributed by atoms with van der Waals surface area (Å²) in [6.07, 6.45) is 2.52. The van der Waals surface area contributed by atoms with Crippen molar-refractivity contribution in [2.45, 2.75) is 13.1 Å². The van der Waals surface area contributed by atoms with Crippen molar-refractivity contribution in [2.24, 2.45) is 0 Å². The van der Waals surface area contributed by atoms with Gasteiger partial charge in [0.2, 0.25) is 0 Å². The number of nitrogens with zero attached hydrogens (tertiary/aromatic N) is 1. The van der Waals surface area contributed by atoms with E-state index in [1.807, 2.05) is 0 Å². The van der Waals surface area contributed by atoms with E-state index in [1.165, 1.54) is 14.2 Å². The quantitative estimate of drug-likeness (QED) is 0.465. The number of methoxy groups -OCH3 is 2. The van der Waals surface area contributed by atoms with E-state index < -0.39 is 10.1 Å². The monoisotopic (exact) mass is 445 g/mol. The summed E-state index contributed by atoms with van der Waals surface area (Å²) in [5, 5.41) is 0. The fourth-order valence-electron chi connectivity index (χ4n) is 2.95. The van der Waals surface area contributed by atoms with E-state index in [4.69, 9.17) is 18.1 Å². The van der Waals surface area contributed by atoms with E-state index in [9.17, 15) is 13.2 Å². The molecule has 1 aromatic heterocycles. The fourth-order valence-corrected chi connectivity index (χ4v) is 3.41. The molecule has 31 heavy (non-hydrogen) atoms. The summed E-state index contributed by atoms with van der Waals surface area (Å²) in [4.78, 5) is 14.9. The fraction of sp³-hybridized carbons (Fsp3) is 0.227. The number of hydrogen-bond acceptors (Lipinski definition) is 7. The van der Waals surface area contributed by atoms with E-state index in [0.717, 1.165) is 11.8 Å². The lowest BCUT2D eigenvalue weighted by atomic mass is 10.1. The van der Waals surface area contributed by atoms with Crippen LogP contribution in [0.15, 0.2) is 65.3 Å². The highest BCUT2D eigenvalue weighted by atomic mass is 32.2. The van der Waals surface area contributed by atoms with Gasteiger partial charge in [0.15, 0.2) is 0 Å². The Morgan fingerprint density at radius 3 is 2.10 bits per heavy atom.